The lowest BCUT2D eigenvalue weighted by Crippen LogP contribution is -1.95. The van der Waals surface area contributed by atoms with Crippen molar-refractivity contribution in [1.29, 1.82) is 0 Å². The zero-order valence-electron chi connectivity index (χ0n) is 8.10. The van der Waals surface area contributed by atoms with Crippen molar-refractivity contribution in [2.75, 3.05) is 0 Å². The highest BCUT2D eigenvalue weighted by atomic mass is 16.4. The van der Waals surface area contributed by atoms with Gasteiger partial charge in [0.15, 0.2) is 0 Å². The Kier molecular flexibility index (Phi) is 3.55. The van der Waals surface area contributed by atoms with Gasteiger partial charge in [-0.15, -0.1) is 0 Å². The Bertz CT molecular complexity index is 457. The summed E-state index contributed by atoms with van der Waals surface area (Å²) in [6.45, 7) is 1.48. The smallest absolute Gasteiger partial charge is 0.331 e. The van der Waals surface area contributed by atoms with E-state index in [1.54, 1.807) is 24.3 Å². The van der Waals surface area contributed by atoms with E-state index in [0.29, 0.717) is 11.3 Å². The lowest BCUT2D eigenvalue weighted by atomic mass is 10.1. The number of carbonyl (C=O) groups excluding carboxylic acids is 1. The van der Waals surface area contributed by atoms with Crippen molar-refractivity contribution in [3.8, 4) is 0 Å². The molecule has 0 unspecified atom stereocenters. The van der Waals surface area contributed by atoms with Crippen LogP contribution in [0.2, 0.25) is 0 Å². The number of carboxylic acid groups (broad SMARTS) is 1. The summed E-state index contributed by atoms with van der Waals surface area (Å²) < 4.78 is 0. The predicted octanol–water partition coefficient (Wildman–Crippen LogP) is 2.14. The SMILES string of the molecule is C/C(=C\c1ccccc1N=C=O)C(=O)O. The zero-order valence-corrected chi connectivity index (χ0v) is 8.10. The summed E-state index contributed by atoms with van der Waals surface area (Å²) in [5, 5.41) is 8.69. The first-order valence-electron chi connectivity index (χ1n) is 4.23. The van der Waals surface area contributed by atoms with Crippen LogP contribution in [-0.2, 0) is 9.59 Å². The first-order valence-corrected chi connectivity index (χ1v) is 4.23. The number of carbonyl (C=O) groups is 1. The largest absolute Gasteiger partial charge is 0.478 e. The van der Waals surface area contributed by atoms with Crippen molar-refractivity contribution in [3.63, 3.8) is 0 Å². The number of carboxylic acids is 1. The fourth-order valence-electron chi connectivity index (χ4n) is 1.06. The van der Waals surface area contributed by atoms with E-state index in [0.717, 1.165) is 0 Å². The van der Waals surface area contributed by atoms with Gasteiger partial charge in [-0.05, 0) is 19.1 Å². The second-order valence-electron chi connectivity index (χ2n) is 2.89. The minimum atomic E-state index is -1.00. The molecule has 0 fully saturated rings. The minimum Gasteiger partial charge on any atom is -0.478 e. The van der Waals surface area contributed by atoms with Gasteiger partial charge < -0.3 is 5.11 Å². The number of hydrogen-bond acceptors (Lipinski definition) is 3. The summed E-state index contributed by atoms with van der Waals surface area (Å²) in [4.78, 5) is 24.2. The molecule has 15 heavy (non-hydrogen) atoms. The molecule has 0 atom stereocenters. The van der Waals surface area contributed by atoms with Gasteiger partial charge in [-0.25, -0.2) is 9.59 Å². The van der Waals surface area contributed by atoms with Crippen LogP contribution in [0, 0.1) is 0 Å². The molecular formula is C11H9NO3. The molecule has 0 saturated carbocycles. The lowest BCUT2D eigenvalue weighted by Gasteiger charge is -1.98. The van der Waals surface area contributed by atoms with E-state index < -0.39 is 5.97 Å². The molecule has 0 aliphatic carbocycles. The maximum absolute atomic E-state index is 10.6. The number of isocyanates is 1. The summed E-state index contributed by atoms with van der Waals surface area (Å²) in [7, 11) is 0. The third-order valence-electron chi connectivity index (χ3n) is 1.81. The molecule has 0 aromatic heterocycles. The third-order valence-corrected chi connectivity index (χ3v) is 1.81. The molecular weight excluding hydrogens is 194 g/mol. The molecule has 0 aliphatic rings. The van der Waals surface area contributed by atoms with Crippen LogP contribution in [0.3, 0.4) is 0 Å². The standard InChI is InChI=1S/C11H9NO3/c1-8(11(14)15)6-9-4-2-3-5-10(9)12-7-13/h2-6H,1H3,(H,14,15)/b8-6+. The highest BCUT2D eigenvalue weighted by Crippen LogP contribution is 2.20. The van der Waals surface area contributed by atoms with Gasteiger partial charge in [0, 0.05) is 11.1 Å². The van der Waals surface area contributed by atoms with Crippen LogP contribution in [-0.4, -0.2) is 17.2 Å². The van der Waals surface area contributed by atoms with E-state index in [-0.39, 0.29) is 5.57 Å². The predicted molar refractivity (Wildman–Crippen MR) is 55.5 cm³/mol. The summed E-state index contributed by atoms with van der Waals surface area (Å²) in [5.41, 5.74) is 1.18. The molecule has 4 heteroatoms. The fraction of sp³-hybridized carbons (Fsp3) is 0.0909. The van der Waals surface area contributed by atoms with Gasteiger partial charge in [-0.2, -0.15) is 4.99 Å². The Labute approximate surface area is 86.6 Å². The molecule has 1 rings (SSSR count). The van der Waals surface area contributed by atoms with Gasteiger partial charge in [0.05, 0.1) is 5.69 Å². The van der Waals surface area contributed by atoms with E-state index in [4.69, 9.17) is 5.11 Å². The van der Waals surface area contributed by atoms with Crippen LogP contribution in [0.15, 0.2) is 34.8 Å². The lowest BCUT2D eigenvalue weighted by molar-refractivity contribution is -0.132. The van der Waals surface area contributed by atoms with Gasteiger partial charge in [-0.3, -0.25) is 0 Å². The molecule has 0 bridgehead atoms. The summed E-state index contributed by atoms with van der Waals surface area (Å²) in [6, 6.07) is 6.75. The van der Waals surface area contributed by atoms with Crippen LogP contribution in [0.1, 0.15) is 12.5 Å². The first kappa shape index (κ1) is 10.9. The number of rotatable bonds is 3. The molecule has 1 aromatic rings. The van der Waals surface area contributed by atoms with Gasteiger partial charge in [0.1, 0.15) is 0 Å². The van der Waals surface area contributed by atoms with Crippen molar-refractivity contribution in [2.45, 2.75) is 6.92 Å². The fourth-order valence-corrected chi connectivity index (χ4v) is 1.06. The van der Waals surface area contributed by atoms with Crippen molar-refractivity contribution in [1.82, 2.24) is 0 Å². The molecule has 76 valence electrons. The number of hydrogen-bond donors (Lipinski definition) is 1. The van der Waals surface area contributed by atoms with Crippen LogP contribution >= 0.6 is 0 Å². The van der Waals surface area contributed by atoms with Gasteiger partial charge in [-0.1, -0.05) is 18.2 Å². The number of aliphatic carboxylic acids is 1. The van der Waals surface area contributed by atoms with E-state index in [1.807, 2.05) is 0 Å². The Morgan fingerprint density at radius 3 is 2.73 bits per heavy atom. The molecule has 1 aromatic carbocycles. The molecule has 4 nitrogen and oxygen atoms in total. The maximum atomic E-state index is 10.6. The van der Waals surface area contributed by atoms with E-state index >= 15 is 0 Å². The number of benzene rings is 1. The van der Waals surface area contributed by atoms with Crippen LogP contribution in [0.4, 0.5) is 5.69 Å². The van der Waals surface area contributed by atoms with Crippen LogP contribution in [0.5, 0.6) is 0 Å². The average Bonchev–Trinajstić information content (AvgIpc) is 2.21. The van der Waals surface area contributed by atoms with Crippen molar-refractivity contribution >= 4 is 23.8 Å². The van der Waals surface area contributed by atoms with E-state index in [1.165, 1.54) is 19.1 Å². The molecule has 0 radical (unpaired) electrons. The van der Waals surface area contributed by atoms with Gasteiger partial charge in [0.25, 0.3) is 0 Å². The van der Waals surface area contributed by atoms with Crippen LogP contribution < -0.4 is 0 Å². The minimum absolute atomic E-state index is 0.184. The molecule has 1 N–H and O–H groups in total. The summed E-state index contributed by atoms with van der Waals surface area (Å²) in [6.07, 6.45) is 2.88. The van der Waals surface area contributed by atoms with E-state index in [2.05, 4.69) is 4.99 Å². The van der Waals surface area contributed by atoms with Gasteiger partial charge in [0.2, 0.25) is 6.08 Å². The summed E-state index contributed by atoms with van der Waals surface area (Å²) >= 11 is 0. The zero-order chi connectivity index (χ0) is 11.3. The number of para-hydroxylation sites is 1. The molecule has 0 saturated heterocycles. The first-order chi connectivity index (χ1) is 7.15. The monoisotopic (exact) mass is 203 g/mol. The molecule has 0 heterocycles. The van der Waals surface area contributed by atoms with Crippen molar-refractivity contribution in [2.24, 2.45) is 4.99 Å². The average molecular weight is 203 g/mol. The van der Waals surface area contributed by atoms with Crippen LogP contribution in [0.25, 0.3) is 6.08 Å². The highest BCUT2D eigenvalue weighted by Gasteiger charge is 2.02. The Morgan fingerprint density at radius 1 is 1.47 bits per heavy atom. The molecule has 0 amide bonds. The molecule has 0 aliphatic heterocycles. The Hall–Kier alpha value is -2.19. The summed E-state index contributed by atoms with van der Waals surface area (Å²) in [5.74, 6) is -1.00. The van der Waals surface area contributed by atoms with Crippen molar-refractivity contribution < 1.29 is 14.7 Å². The quantitative estimate of drug-likeness (QED) is 0.465. The number of aliphatic imine (C=N–C) groups is 1. The second-order valence-corrected chi connectivity index (χ2v) is 2.89. The second kappa shape index (κ2) is 4.88. The third kappa shape index (κ3) is 2.90. The highest BCUT2D eigenvalue weighted by molar-refractivity contribution is 5.92. The number of nitrogens with zero attached hydrogens (tertiary/aromatic N) is 1. The molecule has 0 spiro atoms. The maximum Gasteiger partial charge on any atom is 0.331 e. The Balaban J connectivity index is 3.20. The topological polar surface area (TPSA) is 66.7 Å². The van der Waals surface area contributed by atoms with E-state index in [9.17, 15) is 9.59 Å². The normalized spacial score (nSPS) is 10.6. The van der Waals surface area contributed by atoms with Gasteiger partial charge >= 0.3 is 5.97 Å². The van der Waals surface area contributed by atoms with Crippen molar-refractivity contribution in [3.05, 3.63) is 35.4 Å². The Morgan fingerprint density at radius 2 is 2.13 bits per heavy atom.